The number of nitrogens with one attached hydrogen (secondary N) is 2. The van der Waals surface area contributed by atoms with E-state index in [2.05, 4.69) is 20.5 Å². The Balaban J connectivity index is 1.88. The molecule has 0 unspecified atom stereocenters. The fraction of sp³-hybridized carbons (Fsp3) is 0.615. The second kappa shape index (κ2) is 7.26. The van der Waals surface area contributed by atoms with E-state index in [-0.39, 0.29) is 24.1 Å². The van der Waals surface area contributed by atoms with E-state index in [1.165, 1.54) is 11.3 Å². The van der Waals surface area contributed by atoms with Gasteiger partial charge in [-0.05, 0) is 19.8 Å². The molecule has 1 saturated heterocycles. The lowest BCUT2D eigenvalue weighted by atomic mass is 10.3. The summed E-state index contributed by atoms with van der Waals surface area (Å²) in [4.78, 5) is 30.2. The van der Waals surface area contributed by atoms with Crippen molar-refractivity contribution in [2.24, 2.45) is 0 Å². The molecular formula is C13H21N5O2S. The van der Waals surface area contributed by atoms with E-state index in [1.54, 1.807) is 0 Å². The lowest BCUT2D eigenvalue weighted by molar-refractivity contribution is -0.120. The highest BCUT2D eigenvalue weighted by atomic mass is 32.1. The summed E-state index contributed by atoms with van der Waals surface area (Å²) < 4.78 is 0. The Bertz CT molecular complexity index is 511. The fourth-order valence-electron chi connectivity index (χ4n) is 2.18. The van der Waals surface area contributed by atoms with Gasteiger partial charge >= 0.3 is 0 Å². The van der Waals surface area contributed by atoms with Crippen LogP contribution in [0, 0.1) is 0 Å². The third kappa shape index (κ3) is 4.07. The second-order valence-corrected chi connectivity index (χ2v) is 5.84. The zero-order valence-electron chi connectivity index (χ0n) is 12.1. The number of amides is 2. The number of nitrogens with two attached hydrogens (primary N) is 1. The number of rotatable bonds is 6. The third-order valence-electron chi connectivity index (χ3n) is 3.24. The Kier molecular flexibility index (Phi) is 5.38. The lowest BCUT2D eigenvalue weighted by Gasteiger charge is -2.11. The third-order valence-corrected chi connectivity index (χ3v) is 4.37. The van der Waals surface area contributed by atoms with Crippen LogP contribution in [0.4, 0.5) is 10.9 Å². The average Bonchev–Trinajstić information content (AvgIpc) is 3.07. The number of aromatic nitrogens is 1. The van der Waals surface area contributed by atoms with Crippen LogP contribution in [0.1, 0.15) is 35.9 Å². The number of hydrogen-bond donors (Lipinski definition) is 3. The van der Waals surface area contributed by atoms with Crippen LogP contribution in [-0.2, 0) is 4.79 Å². The maximum Gasteiger partial charge on any atom is 0.265 e. The van der Waals surface area contributed by atoms with E-state index in [0.29, 0.717) is 18.0 Å². The quantitative estimate of drug-likeness (QED) is 0.713. The first-order valence-electron chi connectivity index (χ1n) is 7.18. The van der Waals surface area contributed by atoms with Gasteiger partial charge in [0.15, 0.2) is 5.13 Å². The summed E-state index contributed by atoms with van der Waals surface area (Å²) in [5.41, 5.74) is 5.82. The number of thiazole rings is 1. The summed E-state index contributed by atoms with van der Waals surface area (Å²) in [6, 6.07) is 0. The van der Waals surface area contributed by atoms with Gasteiger partial charge in [0, 0.05) is 32.6 Å². The highest BCUT2D eigenvalue weighted by Gasteiger charge is 2.21. The van der Waals surface area contributed by atoms with Crippen molar-refractivity contribution in [1.29, 1.82) is 0 Å². The summed E-state index contributed by atoms with van der Waals surface area (Å²) in [6.45, 7) is 4.67. The molecule has 0 aliphatic carbocycles. The highest BCUT2D eigenvalue weighted by molar-refractivity contribution is 7.18. The maximum absolute atomic E-state index is 12.1. The van der Waals surface area contributed by atoms with Crippen molar-refractivity contribution < 1.29 is 9.59 Å². The van der Waals surface area contributed by atoms with E-state index in [0.717, 1.165) is 31.1 Å². The standard InChI is InChI=1S/C13H21N5O2S/c1-2-15-9(19)5-6-16-12(20)10-11(14)17-13(21-10)18-7-3-4-8-18/h2-8,14H2,1H3,(H,15,19)(H,16,20). The number of nitrogen functional groups attached to an aromatic ring is 1. The van der Waals surface area contributed by atoms with Gasteiger partial charge in [0.1, 0.15) is 10.7 Å². The molecule has 0 saturated carbocycles. The molecule has 2 heterocycles. The van der Waals surface area contributed by atoms with Crippen LogP contribution in [0.3, 0.4) is 0 Å². The second-order valence-electron chi connectivity index (χ2n) is 4.86. The normalized spacial score (nSPS) is 14.2. The monoisotopic (exact) mass is 311 g/mol. The van der Waals surface area contributed by atoms with Crippen molar-refractivity contribution >= 4 is 34.1 Å². The van der Waals surface area contributed by atoms with Crippen molar-refractivity contribution in [1.82, 2.24) is 15.6 Å². The Hall–Kier alpha value is -1.83. The molecule has 2 amide bonds. The molecule has 0 aromatic carbocycles. The molecule has 1 aromatic heterocycles. The number of carbonyl (C=O) groups excluding carboxylic acids is 2. The minimum absolute atomic E-state index is 0.0761. The molecule has 8 heteroatoms. The number of anilines is 2. The van der Waals surface area contributed by atoms with Crippen LogP contribution in [0.25, 0.3) is 0 Å². The molecule has 0 atom stereocenters. The number of hydrogen-bond acceptors (Lipinski definition) is 6. The van der Waals surface area contributed by atoms with Crippen LogP contribution < -0.4 is 21.3 Å². The first-order chi connectivity index (χ1) is 10.1. The predicted octanol–water partition coefficient (Wildman–Crippen LogP) is 0.581. The molecule has 1 aliphatic rings. The van der Waals surface area contributed by atoms with Gasteiger partial charge in [0.25, 0.3) is 5.91 Å². The molecule has 21 heavy (non-hydrogen) atoms. The van der Waals surface area contributed by atoms with Gasteiger partial charge in [-0.25, -0.2) is 4.98 Å². The number of nitrogens with zero attached hydrogens (tertiary/aromatic N) is 2. The van der Waals surface area contributed by atoms with Crippen molar-refractivity contribution in [3.05, 3.63) is 4.88 Å². The van der Waals surface area contributed by atoms with E-state index in [9.17, 15) is 9.59 Å². The predicted molar refractivity (Wildman–Crippen MR) is 83.6 cm³/mol. The molecule has 4 N–H and O–H groups in total. The molecule has 1 fully saturated rings. The summed E-state index contributed by atoms with van der Waals surface area (Å²) in [7, 11) is 0. The van der Waals surface area contributed by atoms with Crippen LogP contribution in [0.15, 0.2) is 0 Å². The molecule has 0 spiro atoms. The van der Waals surface area contributed by atoms with Crippen LogP contribution in [0.5, 0.6) is 0 Å². The van der Waals surface area contributed by atoms with Crippen molar-refractivity contribution in [2.75, 3.05) is 36.8 Å². The zero-order valence-corrected chi connectivity index (χ0v) is 13.0. The Labute approximate surface area is 127 Å². The molecule has 1 aliphatic heterocycles. The molecule has 116 valence electrons. The summed E-state index contributed by atoms with van der Waals surface area (Å²) in [5, 5.41) is 6.19. The van der Waals surface area contributed by atoms with E-state index < -0.39 is 0 Å². The summed E-state index contributed by atoms with van der Waals surface area (Å²) >= 11 is 1.31. The van der Waals surface area contributed by atoms with E-state index in [1.807, 2.05) is 6.92 Å². The van der Waals surface area contributed by atoms with E-state index in [4.69, 9.17) is 5.73 Å². The maximum atomic E-state index is 12.1. The average molecular weight is 311 g/mol. The fourth-order valence-corrected chi connectivity index (χ4v) is 3.14. The SMILES string of the molecule is CCNC(=O)CCNC(=O)c1sc(N2CCCC2)nc1N. The van der Waals surface area contributed by atoms with E-state index >= 15 is 0 Å². The topological polar surface area (TPSA) is 100 Å². The van der Waals surface area contributed by atoms with Gasteiger partial charge in [-0.1, -0.05) is 11.3 Å². The Morgan fingerprint density at radius 3 is 2.71 bits per heavy atom. The zero-order chi connectivity index (χ0) is 15.2. The van der Waals surface area contributed by atoms with Crippen LogP contribution in [-0.4, -0.2) is 43.0 Å². The summed E-state index contributed by atoms with van der Waals surface area (Å²) in [6.07, 6.45) is 2.55. The molecule has 0 radical (unpaired) electrons. The van der Waals surface area contributed by atoms with Crippen molar-refractivity contribution in [3.8, 4) is 0 Å². The lowest BCUT2D eigenvalue weighted by Crippen LogP contribution is -2.30. The van der Waals surface area contributed by atoms with Gasteiger partial charge in [0.2, 0.25) is 5.91 Å². The summed E-state index contributed by atoms with van der Waals surface area (Å²) in [5.74, 6) is -0.0787. The van der Waals surface area contributed by atoms with Gasteiger partial charge in [-0.15, -0.1) is 0 Å². The van der Waals surface area contributed by atoms with Crippen molar-refractivity contribution in [2.45, 2.75) is 26.2 Å². The van der Waals surface area contributed by atoms with Crippen molar-refractivity contribution in [3.63, 3.8) is 0 Å². The Morgan fingerprint density at radius 1 is 1.33 bits per heavy atom. The van der Waals surface area contributed by atoms with Gasteiger partial charge in [0.05, 0.1) is 0 Å². The minimum Gasteiger partial charge on any atom is -0.382 e. The molecule has 2 rings (SSSR count). The number of carbonyl (C=O) groups is 2. The first kappa shape index (κ1) is 15.6. The molecular weight excluding hydrogens is 290 g/mol. The molecule has 0 bridgehead atoms. The van der Waals surface area contributed by atoms with Crippen LogP contribution in [0.2, 0.25) is 0 Å². The van der Waals surface area contributed by atoms with Crippen LogP contribution >= 0.6 is 11.3 Å². The molecule has 1 aromatic rings. The van der Waals surface area contributed by atoms with Gasteiger partial charge in [-0.2, -0.15) is 0 Å². The van der Waals surface area contributed by atoms with Gasteiger partial charge in [-0.3, -0.25) is 9.59 Å². The highest BCUT2D eigenvalue weighted by Crippen LogP contribution is 2.30. The minimum atomic E-state index is -0.264. The molecule has 7 nitrogen and oxygen atoms in total. The smallest absolute Gasteiger partial charge is 0.265 e. The first-order valence-corrected chi connectivity index (χ1v) is 7.99. The largest absolute Gasteiger partial charge is 0.382 e. The Morgan fingerprint density at radius 2 is 2.05 bits per heavy atom. The van der Waals surface area contributed by atoms with Gasteiger partial charge < -0.3 is 21.3 Å².